The van der Waals surface area contributed by atoms with Crippen molar-refractivity contribution in [3.8, 4) is 5.75 Å². The molecule has 20 heavy (non-hydrogen) atoms. The zero-order valence-electron chi connectivity index (χ0n) is 12.0. The SMILES string of the molecule is COC(=O)/C(=C/c1ccc(C)c(C)c1OC)CC(=O)O. The number of carboxylic acid groups (broad SMARTS) is 1. The number of rotatable bonds is 5. The minimum Gasteiger partial charge on any atom is -0.496 e. The third-order valence-electron chi connectivity index (χ3n) is 3.03. The molecule has 0 heterocycles. The number of esters is 1. The van der Waals surface area contributed by atoms with Crippen LogP contribution >= 0.6 is 0 Å². The molecule has 0 spiro atoms. The van der Waals surface area contributed by atoms with E-state index in [1.54, 1.807) is 6.07 Å². The minimum absolute atomic E-state index is 0.0709. The van der Waals surface area contributed by atoms with Gasteiger partial charge in [0.05, 0.1) is 20.6 Å². The van der Waals surface area contributed by atoms with Crippen LogP contribution in [0.2, 0.25) is 0 Å². The Balaban J connectivity index is 3.33. The van der Waals surface area contributed by atoms with Gasteiger partial charge in [-0.15, -0.1) is 0 Å². The van der Waals surface area contributed by atoms with Gasteiger partial charge in [-0.25, -0.2) is 4.79 Å². The van der Waals surface area contributed by atoms with Crippen LogP contribution in [0.15, 0.2) is 17.7 Å². The first-order valence-electron chi connectivity index (χ1n) is 6.05. The van der Waals surface area contributed by atoms with Crippen LogP contribution in [0.1, 0.15) is 23.1 Å². The van der Waals surface area contributed by atoms with Gasteiger partial charge in [0.15, 0.2) is 0 Å². The number of carbonyl (C=O) groups is 2. The zero-order chi connectivity index (χ0) is 15.3. The molecular weight excluding hydrogens is 260 g/mol. The van der Waals surface area contributed by atoms with Crippen molar-refractivity contribution in [1.29, 1.82) is 0 Å². The first-order valence-corrected chi connectivity index (χ1v) is 6.05. The number of benzene rings is 1. The normalized spacial score (nSPS) is 11.1. The predicted octanol–water partition coefficient (Wildman–Crippen LogP) is 2.34. The summed E-state index contributed by atoms with van der Waals surface area (Å²) >= 11 is 0. The minimum atomic E-state index is -1.09. The Morgan fingerprint density at radius 3 is 2.40 bits per heavy atom. The topological polar surface area (TPSA) is 72.8 Å². The fourth-order valence-corrected chi connectivity index (χ4v) is 1.86. The quantitative estimate of drug-likeness (QED) is 0.661. The van der Waals surface area contributed by atoms with Crippen molar-refractivity contribution in [2.45, 2.75) is 20.3 Å². The summed E-state index contributed by atoms with van der Waals surface area (Å²) in [5, 5.41) is 8.85. The van der Waals surface area contributed by atoms with Crippen molar-refractivity contribution in [3.05, 3.63) is 34.4 Å². The summed E-state index contributed by atoms with van der Waals surface area (Å²) in [6.07, 6.45) is 1.09. The Hall–Kier alpha value is -2.30. The number of methoxy groups -OCH3 is 2. The lowest BCUT2D eigenvalue weighted by Gasteiger charge is -2.12. The lowest BCUT2D eigenvalue weighted by molar-refractivity contribution is -0.141. The van der Waals surface area contributed by atoms with Crippen LogP contribution in [-0.2, 0) is 14.3 Å². The molecule has 1 aromatic carbocycles. The summed E-state index contributed by atoms with van der Waals surface area (Å²) < 4.78 is 9.93. The van der Waals surface area contributed by atoms with E-state index in [9.17, 15) is 9.59 Å². The van der Waals surface area contributed by atoms with Crippen LogP contribution in [0, 0.1) is 13.8 Å². The van der Waals surface area contributed by atoms with Crippen LogP contribution in [-0.4, -0.2) is 31.3 Å². The maximum absolute atomic E-state index is 11.6. The molecule has 5 heteroatoms. The second-order valence-corrected chi connectivity index (χ2v) is 4.36. The molecule has 0 radical (unpaired) electrons. The molecule has 0 amide bonds. The molecule has 0 aliphatic rings. The molecule has 0 saturated carbocycles. The Kier molecular flexibility index (Phi) is 5.32. The number of carbonyl (C=O) groups excluding carboxylic acids is 1. The van der Waals surface area contributed by atoms with Crippen LogP contribution in [0.25, 0.3) is 6.08 Å². The predicted molar refractivity (Wildman–Crippen MR) is 74.7 cm³/mol. The molecular formula is C15H18O5. The Labute approximate surface area is 117 Å². The third-order valence-corrected chi connectivity index (χ3v) is 3.03. The van der Waals surface area contributed by atoms with E-state index in [1.165, 1.54) is 20.3 Å². The number of carboxylic acids is 1. The van der Waals surface area contributed by atoms with Gasteiger partial charge in [-0.05, 0) is 31.1 Å². The molecule has 0 aliphatic carbocycles. The van der Waals surface area contributed by atoms with E-state index in [1.807, 2.05) is 19.9 Å². The highest BCUT2D eigenvalue weighted by molar-refractivity contribution is 5.98. The standard InChI is InChI=1S/C15H18O5/c1-9-5-6-11(14(19-3)10(9)2)7-12(8-13(16)17)15(18)20-4/h5-7H,8H2,1-4H3,(H,16,17)/b12-7+. The molecule has 0 unspecified atom stereocenters. The monoisotopic (exact) mass is 278 g/mol. The first-order chi connectivity index (χ1) is 9.40. The Bertz CT molecular complexity index is 558. The molecule has 5 nitrogen and oxygen atoms in total. The fraction of sp³-hybridized carbons (Fsp3) is 0.333. The van der Waals surface area contributed by atoms with E-state index in [0.717, 1.165) is 11.1 Å². The van der Waals surface area contributed by atoms with Crippen molar-refractivity contribution < 1.29 is 24.2 Å². The fourth-order valence-electron chi connectivity index (χ4n) is 1.86. The molecule has 0 atom stereocenters. The highest BCUT2D eigenvalue weighted by Crippen LogP contribution is 2.28. The van der Waals surface area contributed by atoms with E-state index in [4.69, 9.17) is 9.84 Å². The van der Waals surface area contributed by atoms with Crippen molar-refractivity contribution in [3.63, 3.8) is 0 Å². The highest BCUT2D eigenvalue weighted by Gasteiger charge is 2.16. The molecule has 0 aromatic heterocycles. The van der Waals surface area contributed by atoms with Crippen LogP contribution in [0.3, 0.4) is 0 Å². The van der Waals surface area contributed by atoms with Gasteiger partial charge in [0, 0.05) is 11.1 Å². The lowest BCUT2D eigenvalue weighted by Crippen LogP contribution is -2.09. The van der Waals surface area contributed by atoms with Crippen molar-refractivity contribution in [1.82, 2.24) is 0 Å². The average Bonchev–Trinajstić information content (AvgIpc) is 2.41. The molecule has 108 valence electrons. The molecule has 1 N–H and O–H groups in total. The third kappa shape index (κ3) is 3.60. The number of aryl methyl sites for hydroxylation is 1. The van der Waals surface area contributed by atoms with Crippen molar-refractivity contribution in [2.75, 3.05) is 14.2 Å². The molecule has 0 saturated heterocycles. The molecule has 1 rings (SSSR count). The smallest absolute Gasteiger partial charge is 0.334 e. The Morgan fingerprint density at radius 2 is 1.90 bits per heavy atom. The van der Waals surface area contributed by atoms with Gasteiger partial charge in [-0.1, -0.05) is 12.1 Å². The van der Waals surface area contributed by atoms with Crippen LogP contribution in [0.5, 0.6) is 5.75 Å². The summed E-state index contributed by atoms with van der Waals surface area (Å²) in [7, 11) is 2.75. The van der Waals surface area contributed by atoms with Gasteiger partial charge in [0.25, 0.3) is 0 Å². The first kappa shape index (κ1) is 15.8. The summed E-state index contributed by atoms with van der Waals surface area (Å²) in [5.74, 6) is -1.13. The largest absolute Gasteiger partial charge is 0.496 e. The van der Waals surface area contributed by atoms with Gasteiger partial charge < -0.3 is 14.6 Å². The Morgan fingerprint density at radius 1 is 1.25 bits per heavy atom. The molecule has 0 fully saturated rings. The van der Waals surface area contributed by atoms with Gasteiger partial charge >= 0.3 is 11.9 Å². The maximum atomic E-state index is 11.6. The summed E-state index contributed by atoms with van der Waals surface area (Å²) in [6, 6.07) is 3.67. The maximum Gasteiger partial charge on any atom is 0.334 e. The van der Waals surface area contributed by atoms with E-state index in [2.05, 4.69) is 4.74 Å². The zero-order valence-corrected chi connectivity index (χ0v) is 12.0. The van der Waals surface area contributed by atoms with Crippen LogP contribution in [0.4, 0.5) is 0 Å². The molecule has 0 aliphatic heterocycles. The number of aliphatic carboxylic acids is 1. The summed E-state index contributed by atoms with van der Waals surface area (Å²) in [5.41, 5.74) is 2.72. The van der Waals surface area contributed by atoms with Crippen molar-refractivity contribution >= 4 is 18.0 Å². The van der Waals surface area contributed by atoms with Gasteiger partial charge in [-0.3, -0.25) is 4.79 Å². The average molecular weight is 278 g/mol. The highest BCUT2D eigenvalue weighted by atomic mass is 16.5. The van der Waals surface area contributed by atoms with E-state index in [0.29, 0.717) is 11.3 Å². The molecule has 1 aromatic rings. The van der Waals surface area contributed by atoms with Gasteiger partial charge in [0.2, 0.25) is 0 Å². The second-order valence-electron chi connectivity index (χ2n) is 4.36. The number of ether oxygens (including phenoxy) is 2. The second kappa shape index (κ2) is 6.75. The van der Waals surface area contributed by atoms with Crippen molar-refractivity contribution in [2.24, 2.45) is 0 Å². The number of hydrogen-bond acceptors (Lipinski definition) is 4. The van der Waals surface area contributed by atoms with Gasteiger partial charge in [0.1, 0.15) is 5.75 Å². The lowest BCUT2D eigenvalue weighted by atomic mass is 10.0. The summed E-state index contributed by atoms with van der Waals surface area (Å²) in [6.45, 7) is 3.85. The van der Waals surface area contributed by atoms with Crippen LogP contribution < -0.4 is 4.74 Å². The van der Waals surface area contributed by atoms with E-state index in [-0.39, 0.29) is 5.57 Å². The van der Waals surface area contributed by atoms with E-state index < -0.39 is 18.4 Å². The molecule has 0 bridgehead atoms. The van der Waals surface area contributed by atoms with Gasteiger partial charge in [-0.2, -0.15) is 0 Å². The summed E-state index contributed by atoms with van der Waals surface area (Å²) in [4.78, 5) is 22.4. The number of hydrogen-bond donors (Lipinski definition) is 1. The van der Waals surface area contributed by atoms with E-state index >= 15 is 0 Å².